The molecule has 22 heavy (non-hydrogen) atoms. The molecule has 0 saturated carbocycles. The molecule has 1 amide bonds. The number of hydrogen-bond donors (Lipinski definition) is 1. The van der Waals surface area contributed by atoms with Gasteiger partial charge in [0.05, 0.1) is 30.4 Å². The van der Waals surface area contributed by atoms with E-state index in [9.17, 15) is 9.59 Å². The molecule has 1 aliphatic heterocycles. The van der Waals surface area contributed by atoms with Gasteiger partial charge in [-0.2, -0.15) is 0 Å². The minimum atomic E-state index is -0.930. The molecule has 0 aromatic carbocycles. The molecule has 1 atom stereocenters. The van der Waals surface area contributed by atoms with E-state index in [1.54, 1.807) is 18.0 Å². The highest BCUT2D eigenvalue weighted by Gasteiger charge is 2.28. The molecule has 1 saturated heterocycles. The maximum atomic E-state index is 12.7. The van der Waals surface area contributed by atoms with Gasteiger partial charge in [-0.15, -0.1) is 0 Å². The van der Waals surface area contributed by atoms with Gasteiger partial charge in [-0.1, -0.05) is 13.8 Å². The Bertz CT molecular complexity index is 574. The summed E-state index contributed by atoms with van der Waals surface area (Å²) in [5.74, 6) is -0.356. The molecule has 0 spiro atoms. The van der Waals surface area contributed by atoms with Gasteiger partial charge in [-0.3, -0.25) is 9.59 Å². The summed E-state index contributed by atoms with van der Waals surface area (Å²) < 4.78 is 5.40. The summed E-state index contributed by atoms with van der Waals surface area (Å²) in [6.45, 7) is 6.80. The number of rotatable bonds is 4. The largest absolute Gasteiger partial charge is 0.481 e. The second-order valence-electron chi connectivity index (χ2n) is 5.71. The van der Waals surface area contributed by atoms with Crippen molar-refractivity contribution in [1.82, 2.24) is 14.9 Å². The van der Waals surface area contributed by atoms with Crippen molar-refractivity contribution in [1.29, 1.82) is 0 Å². The van der Waals surface area contributed by atoms with Gasteiger partial charge in [0.2, 0.25) is 0 Å². The van der Waals surface area contributed by atoms with Gasteiger partial charge in [0, 0.05) is 19.3 Å². The number of aryl methyl sites for hydroxylation is 1. The quantitative estimate of drug-likeness (QED) is 0.899. The molecule has 7 nitrogen and oxygen atoms in total. The fraction of sp³-hybridized carbons (Fsp3) is 0.600. The molecule has 1 N–H and O–H groups in total. The Balaban J connectivity index is 2.19. The van der Waals surface area contributed by atoms with Crippen molar-refractivity contribution in [3.63, 3.8) is 0 Å². The van der Waals surface area contributed by atoms with E-state index < -0.39 is 12.1 Å². The number of carboxylic acids is 1. The monoisotopic (exact) mass is 307 g/mol. The fourth-order valence-electron chi connectivity index (χ4n) is 2.48. The van der Waals surface area contributed by atoms with E-state index in [2.05, 4.69) is 9.97 Å². The highest BCUT2D eigenvalue weighted by Crippen LogP contribution is 2.20. The van der Waals surface area contributed by atoms with E-state index in [0.29, 0.717) is 24.5 Å². The highest BCUT2D eigenvalue weighted by molar-refractivity contribution is 5.95. The predicted octanol–water partition coefficient (Wildman–Crippen LogP) is 1.22. The van der Waals surface area contributed by atoms with Crippen molar-refractivity contribution in [2.24, 2.45) is 0 Å². The number of carbonyl (C=O) groups excluding carboxylic acids is 1. The average Bonchev–Trinajstić information content (AvgIpc) is 2.46. The SMILES string of the molecule is Cc1ncc(C(=O)N2CCOC(CC(=O)O)C2)c(C(C)C)n1. The van der Waals surface area contributed by atoms with Crippen molar-refractivity contribution < 1.29 is 19.4 Å². The lowest BCUT2D eigenvalue weighted by Gasteiger charge is -2.32. The second-order valence-corrected chi connectivity index (χ2v) is 5.71. The molecular weight excluding hydrogens is 286 g/mol. The van der Waals surface area contributed by atoms with Gasteiger partial charge >= 0.3 is 5.97 Å². The summed E-state index contributed by atoms with van der Waals surface area (Å²) in [5.41, 5.74) is 1.20. The number of morpholine rings is 1. The Morgan fingerprint density at radius 2 is 2.23 bits per heavy atom. The van der Waals surface area contributed by atoms with Gasteiger partial charge < -0.3 is 14.7 Å². The summed E-state index contributed by atoms with van der Waals surface area (Å²) in [4.78, 5) is 33.6. The van der Waals surface area contributed by atoms with Crippen LogP contribution in [0.1, 0.15) is 48.1 Å². The van der Waals surface area contributed by atoms with Crippen molar-refractivity contribution in [3.05, 3.63) is 23.3 Å². The summed E-state index contributed by atoms with van der Waals surface area (Å²) >= 11 is 0. The molecule has 0 radical (unpaired) electrons. The zero-order valence-electron chi connectivity index (χ0n) is 13.1. The summed E-state index contributed by atoms with van der Waals surface area (Å²) in [6.07, 6.45) is 0.983. The van der Waals surface area contributed by atoms with Crippen molar-refractivity contribution in [3.8, 4) is 0 Å². The minimum absolute atomic E-state index is 0.106. The van der Waals surface area contributed by atoms with Gasteiger partial charge in [-0.05, 0) is 12.8 Å². The van der Waals surface area contributed by atoms with Gasteiger partial charge in [0.1, 0.15) is 5.82 Å². The van der Waals surface area contributed by atoms with E-state index in [4.69, 9.17) is 9.84 Å². The number of ether oxygens (including phenoxy) is 1. The first kappa shape index (κ1) is 16.4. The van der Waals surface area contributed by atoms with Crippen LogP contribution in [0.25, 0.3) is 0 Å². The van der Waals surface area contributed by atoms with Crippen molar-refractivity contribution >= 4 is 11.9 Å². The van der Waals surface area contributed by atoms with E-state index in [1.807, 2.05) is 13.8 Å². The van der Waals surface area contributed by atoms with Crippen molar-refractivity contribution in [2.75, 3.05) is 19.7 Å². The van der Waals surface area contributed by atoms with Crippen LogP contribution in [0.15, 0.2) is 6.20 Å². The predicted molar refractivity (Wildman–Crippen MR) is 78.8 cm³/mol. The Morgan fingerprint density at radius 3 is 2.86 bits per heavy atom. The standard InChI is InChI=1S/C15H21N3O4/c1-9(2)14-12(7-16-10(3)17-14)15(21)18-4-5-22-11(8-18)6-13(19)20/h7,9,11H,4-6,8H2,1-3H3,(H,19,20). The van der Waals surface area contributed by atoms with Crippen LogP contribution in [-0.4, -0.2) is 57.7 Å². The number of hydrogen-bond acceptors (Lipinski definition) is 5. The van der Waals surface area contributed by atoms with Crippen LogP contribution in [0.2, 0.25) is 0 Å². The molecule has 0 bridgehead atoms. The zero-order valence-corrected chi connectivity index (χ0v) is 13.1. The first-order valence-corrected chi connectivity index (χ1v) is 7.34. The Morgan fingerprint density at radius 1 is 1.50 bits per heavy atom. The number of nitrogens with zero attached hydrogens (tertiary/aromatic N) is 3. The zero-order chi connectivity index (χ0) is 16.3. The molecule has 120 valence electrons. The highest BCUT2D eigenvalue weighted by atomic mass is 16.5. The number of aliphatic carboxylic acids is 1. The Hall–Kier alpha value is -2.02. The summed E-state index contributed by atoms with van der Waals surface area (Å²) in [5, 5.41) is 8.85. The molecule has 1 fully saturated rings. The third-order valence-corrected chi connectivity index (χ3v) is 3.54. The molecule has 2 rings (SSSR count). The van der Waals surface area contributed by atoms with Crippen LogP contribution in [0.5, 0.6) is 0 Å². The number of aromatic nitrogens is 2. The van der Waals surface area contributed by atoms with E-state index in [1.165, 1.54) is 0 Å². The van der Waals surface area contributed by atoms with Gasteiger partial charge in [0.15, 0.2) is 0 Å². The van der Waals surface area contributed by atoms with Gasteiger partial charge in [-0.25, -0.2) is 9.97 Å². The van der Waals surface area contributed by atoms with Gasteiger partial charge in [0.25, 0.3) is 5.91 Å². The van der Waals surface area contributed by atoms with E-state index >= 15 is 0 Å². The normalized spacial score (nSPS) is 18.5. The molecule has 7 heteroatoms. The average molecular weight is 307 g/mol. The number of carboxylic acid groups (broad SMARTS) is 1. The van der Waals surface area contributed by atoms with Crippen LogP contribution in [0.4, 0.5) is 0 Å². The van der Waals surface area contributed by atoms with Crippen LogP contribution >= 0.6 is 0 Å². The molecule has 1 aliphatic rings. The lowest BCUT2D eigenvalue weighted by atomic mass is 10.0. The lowest BCUT2D eigenvalue weighted by molar-refractivity contribution is -0.141. The maximum absolute atomic E-state index is 12.7. The smallest absolute Gasteiger partial charge is 0.306 e. The number of amides is 1. The lowest BCUT2D eigenvalue weighted by Crippen LogP contribution is -2.46. The maximum Gasteiger partial charge on any atom is 0.306 e. The van der Waals surface area contributed by atoms with Crippen LogP contribution in [0, 0.1) is 6.92 Å². The first-order valence-electron chi connectivity index (χ1n) is 7.34. The molecule has 1 unspecified atom stereocenters. The molecule has 1 aromatic rings. The third-order valence-electron chi connectivity index (χ3n) is 3.54. The molecular formula is C15H21N3O4. The number of carbonyl (C=O) groups is 2. The Kier molecular flexibility index (Phi) is 5.07. The van der Waals surface area contributed by atoms with Crippen molar-refractivity contribution in [2.45, 2.75) is 39.2 Å². The topological polar surface area (TPSA) is 92.6 Å². The third kappa shape index (κ3) is 3.79. The van der Waals surface area contributed by atoms with E-state index in [-0.39, 0.29) is 24.8 Å². The molecule has 0 aliphatic carbocycles. The molecule has 1 aromatic heterocycles. The Labute approximate surface area is 129 Å². The summed E-state index contributed by atoms with van der Waals surface area (Å²) in [6, 6.07) is 0. The van der Waals surface area contributed by atoms with E-state index in [0.717, 1.165) is 5.69 Å². The second kappa shape index (κ2) is 6.83. The molecule has 2 heterocycles. The summed E-state index contributed by atoms with van der Waals surface area (Å²) in [7, 11) is 0. The van der Waals surface area contributed by atoms with Crippen LogP contribution in [-0.2, 0) is 9.53 Å². The first-order chi connectivity index (χ1) is 10.4. The minimum Gasteiger partial charge on any atom is -0.481 e. The van der Waals surface area contributed by atoms with Crippen LogP contribution < -0.4 is 0 Å². The van der Waals surface area contributed by atoms with Crippen LogP contribution in [0.3, 0.4) is 0 Å². The fourth-order valence-corrected chi connectivity index (χ4v) is 2.48.